The molecule has 2 heterocycles. The van der Waals surface area contributed by atoms with Crippen molar-refractivity contribution >= 4 is 22.5 Å². The van der Waals surface area contributed by atoms with E-state index < -0.39 is 5.82 Å². The number of nitrogens with one attached hydrogen (secondary N) is 1. The van der Waals surface area contributed by atoms with Gasteiger partial charge >= 0.3 is 0 Å². The van der Waals surface area contributed by atoms with Crippen LogP contribution in [0.5, 0.6) is 0 Å². The molecular formula is C23H19FN4O. The number of nitrogens with zero attached hydrogens (tertiary/aromatic N) is 3. The minimum Gasteiger partial charge on any atom is -0.373 e. The second kappa shape index (κ2) is 7.75. The molecule has 0 amide bonds. The Morgan fingerprint density at radius 1 is 1.03 bits per heavy atom. The minimum absolute atomic E-state index is 0.113. The van der Waals surface area contributed by atoms with Crippen molar-refractivity contribution in [1.29, 1.82) is 0 Å². The first-order valence-electron chi connectivity index (χ1n) is 9.33. The Morgan fingerprint density at radius 3 is 2.55 bits per heavy atom. The van der Waals surface area contributed by atoms with E-state index in [0.717, 1.165) is 27.6 Å². The Hall–Kier alpha value is -3.67. The fraction of sp³-hybridized carbons (Fsp3) is 0.130. The van der Waals surface area contributed by atoms with Gasteiger partial charge in [0.2, 0.25) is 0 Å². The van der Waals surface area contributed by atoms with Gasteiger partial charge in [-0.2, -0.15) is 0 Å². The van der Waals surface area contributed by atoms with Crippen molar-refractivity contribution in [2.24, 2.45) is 0 Å². The summed E-state index contributed by atoms with van der Waals surface area (Å²) in [7, 11) is 1.80. The van der Waals surface area contributed by atoms with Gasteiger partial charge in [0.25, 0.3) is 0 Å². The highest BCUT2D eigenvalue weighted by molar-refractivity contribution is 5.98. The first-order chi connectivity index (χ1) is 14.1. The van der Waals surface area contributed by atoms with Gasteiger partial charge in [-0.25, -0.2) is 14.4 Å². The monoisotopic (exact) mass is 386 g/mol. The van der Waals surface area contributed by atoms with Crippen molar-refractivity contribution in [1.82, 2.24) is 15.0 Å². The maximum atomic E-state index is 14.0. The van der Waals surface area contributed by atoms with Crippen LogP contribution < -0.4 is 5.32 Å². The highest BCUT2D eigenvalue weighted by atomic mass is 19.1. The number of hydrogen-bond donors (Lipinski definition) is 1. The summed E-state index contributed by atoms with van der Waals surface area (Å²) in [6, 6.07) is 14.1. The number of rotatable bonds is 5. The summed E-state index contributed by atoms with van der Waals surface area (Å²) in [5.41, 5.74) is 3.35. The first kappa shape index (κ1) is 18.7. The summed E-state index contributed by atoms with van der Waals surface area (Å²) in [6.45, 7) is 1.72. The number of carbonyl (C=O) groups excluding carboxylic acids is 1. The molecule has 2 aromatic carbocycles. The molecule has 1 N–H and O–H groups in total. The molecule has 0 spiro atoms. The normalized spacial score (nSPS) is 10.9. The third kappa shape index (κ3) is 3.57. The molecule has 144 valence electrons. The number of halogens is 1. The molecule has 0 aliphatic rings. The van der Waals surface area contributed by atoms with E-state index in [9.17, 15) is 9.18 Å². The Kier molecular flexibility index (Phi) is 4.99. The maximum Gasteiger partial charge on any atom is 0.165 e. The molecule has 6 heteroatoms. The van der Waals surface area contributed by atoms with Gasteiger partial charge in [0.15, 0.2) is 11.6 Å². The molecule has 0 aliphatic heterocycles. The van der Waals surface area contributed by atoms with Crippen molar-refractivity contribution in [3.05, 3.63) is 72.3 Å². The fourth-order valence-corrected chi connectivity index (χ4v) is 3.23. The molecule has 5 nitrogen and oxygen atoms in total. The van der Waals surface area contributed by atoms with Gasteiger partial charge in [0.05, 0.1) is 11.1 Å². The number of carbonyl (C=O) groups is 1. The molecule has 0 bridgehead atoms. The van der Waals surface area contributed by atoms with Crippen LogP contribution >= 0.6 is 0 Å². The summed E-state index contributed by atoms with van der Waals surface area (Å²) in [6.07, 6.45) is 3.68. The highest BCUT2D eigenvalue weighted by Gasteiger charge is 2.14. The summed E-state index contributed by atoms with van der Waals surface area (Å²) >= 11 is 0. The van der Waals surface area contributed by atoms with Crippen LogP contribution in [-0.4, -0.2) is 27.8 Å². The number of aromatic nitrogens is 3. The fourth-order valence-electron chi connectivity index (χ4n) is 3.23. The van der Waals surface area contributed by atoms with Crippen molar-refractivity contribution in [2.45, 2.75) is 13.3 Å². The zero-order valence-corrected chi connectivity index (χ0v) is 16.1. The van der Waals surface area contributed by atoms with Crippen molar-refractivity contribution in [3.8, 4) is 22.5 Å². The highest BCUT2D eigenvalue weighted by Crippen LogP contribution is 2.30. The second-order valence-corrected chi connectivity index (χ2v) is 6.59. The molecular weight excluding hydrogens is 367 g/mol. The Bertz CT molecular complexity index is 1210. The van der Waals surface area contributed by atoms with Crippen LogP contribution in [0.15, 0.2) is 60.9 Å². The number of fused-ring (bicyclic) bond motifs is 1. The zero-order chi connectivity index (χ0) is 20.4. The van der Waals surface area contributed by atoms with E-state index in [1.54, 1.807) is 38.5 Å². The SMILES string of the molecule is CCC(=O)c1cc(-c2ccc3nc(-c4cccnc4)nc(NC)c3c2)ccc1F. The molecule has 0 radical (unpaired) electrons. The lowest BCUT2D eigenvalue weighted by molar-refractivity contribution is 0.0984. The van der Waals surface area contributed by atoms with E-state index >= 15 is 0 Å². The van der Waals surface area contributed by atoms with Gasteiger partial charge in [0.1, 0.15) is 11.6 Å². The minimum atomic E-state index is -0.498. The van der Waals surface area contributed by atoms with E-state index in [-0.39, 0.29) is 17.8 Å². The van der Waals surface area contributed by atoms with Crippen LogP contribution in [0.1, 0.15) is 23.7 Å². The van der Waals surface area contributed by atoms with Crippen LogP contribution in [-0.2, 0) is 0 Å². The molecule has 0 aliphatic carbocycles. The topological polar surface area (TPSA) is 67.8 Å². The summed E-state index contributed by atoms with van der Waals surface area (Å²) in [4.78, 5) is 25.4. The summed E-state index contributed by atoms with van der Waals surface area (Å²) < 4.78 is 14.0. The van der Waals surface area contributed by atoms with Crippen LogP contribution in [0.3, 0.4) is 0 Å². The first-order valence-corrected chi connectivity index (χ1v) is 9.33. The smallest absolute Gasteiger partial charge is 0.165 e. The second-order valence-electron chi connectivity index (χ2n) is 6.59. The van der Waals surface area contributed by atoms with E-state index in [1.807, 2.05) is 30.3 Å². The number of benzene rings is 2. The zero-order valence-electron chi connectivity index (χ0n) is 16.1. The third-order valence-corrected chi connectivity index (χ3v) is 4.77. The molecule has 4 aromatic rings. The van der Waals surface area contributed by atoms with Gasteiger partial charge in [0, 0.05) is 36.8 Å². The molecule has 29 heavy (non-hydrogen) atoms. The average Bonchev–Trinajstić information content (AvgIpc) is 2.78. The number of anilines is 1. The summed E-state index contributed by atoms with van der Waals surface area (Å²) in [5.74, 6) is 0.551. The lowest BCUT2D eigenvalue weighted by atomic mass is 9.98. The van der Waals surface area contributed by atoms with Crippen molar-refractivity contribution < 1.29 is 9.18 Å². The van der Waals surface area contributed by atoms with Gasteiger partial charge in [-0.15, -0.1) is 0 Å². The van der Waals surface area contributed by atoms with Crippen LogP contribution in [0.2, 0.25) is 0 Å². The average molecular weight is 386 g/mol. The Morgan fingerprint density at radius 2 is 1.83 bits per heavy atom. The van der Waals surface area contributed by atoms with Gasteiger partial charge in [-0.3, -0.25) is 9.78 Å². The van der Waals surface area contributed by atoms with Crippen molar-refractivity contribution in [2.75, 3.05) is 12.4 Å². The predicted molar refractivity (Wildman–Crippen MR) is 112 cm³/mol. The molecule has 0 saturated carbocycles. The third-order valence-electron chi connectivity index (χ3n) is 4.77. The molecule has 0 unspecified atom stereocenters. The van der Waals surface area contributed by atoms with Crippen LogP contribution in [0, 0.1) is 5.82 Å². The Balaban J connectivity index is 1.84. The molecule has 0 saturated heterocycles. The van der Waals surface area contributed by atoms with Gasteiger partial charge in [-0.05, 0) is 47.5 Å². The lowest BCUT2D eigenvalue weighted by Crippen LogP contribution is -2.01. The predicted octanol–water partition coefficient (Wildman–Crippen LogP) is 5.13. The van der Waals surface area contributed by atoms with Crippen LogP contribution in [0.25, 0.3) is 33.4 Å². The number of Topliss-reactive ketones (excluding diaryl/α,β-unsaturated/α-hetero) is 1. The number of pyridine rings is 1. The van der Waals surface area contributed by atoms with Crippen LogP contribution in [0.4, 0.5) is 10.2 Å². The molecule has 2 aromatic heterocycles. The van der Waals surface area contributed by atoms with Gasteiger partial charge in [-0.1, -0.05) is 19.1 Å². The molecule has 4 rings (SSSR count). The van der Waals surface area contributed by atoms with E-state index in [4.69, 9.17) is 0 Å². The number of ketones is 1. The van der Waals surface area contributed by atoms with Crippen molar-refractivity contribution in [3.63, 3.8) is 0 Å². The molecule has 0 atom stereocenters. The standard InChI is InChI=1S/C23H19FN4O/c1-3-21(29)17-11-14(6-8-19(17)24)15-7-9-20-18(12-15)23(25-2)28-22(27-20)16-5-4-10-26-13-16/h4-13H,3H2,1-2H3,(H,25,27,28). The summed E-state index contributed by atoms with van der Waals surface area (Å²) in [5, 5.41) is 3.96. The lowest BCUT2D eigenvalue weighted by Gasteiger charge is -2.11. The van der Waals surface area contributed by atoms with E-state index in [1.165, 1.54) is 6.07 Å². The quantitative estimate of drug-likeness (QED) is 0.482. The molecule has 0 fully saturated rings. The van der Waals surface area contributed by atoms with E-state index in [2.05, 4.69) is 20.3 Å². The van der Waals surface area contributed by atoms with E-state index in [0.29, 0.717) is 11.6 Å². The van der Waals surface area contributed by atoms with Gasteiger partial charge < -0.3 is 5.32 Å². The number of hydrogen-bond acceptors (Lipinski definition) is 5. The maximum absolute atomic E-state index is 14.0. The Labute approximate surface area is 167 Å². The largest absolute Gasteiger partial charge is 0.373 e.